The molecule has 1 unspecified atom stereocenters. The quantitative estimate of drug-likeness (QED) is 0.839. The van der Waals surface area contributed by atoms with Gasteiger partial charge >= 0.3 is 0 Å². The van der Waals surface area contributed by atoms with Crippen molar-refractivity contribution >= 4 is 16.9 Å². The fourth-order valence-electron chi connectivity index (χ4n) is 3.22. The summed E-state index contributed by atoms with van der Waals surface area (Å²) in [7, 11) is 0. The zero-order valence-electron chi connectivity index (χ0n) is 13.1. The Kier molecular flexibility index (Phi) is 3.75. The van der Waals surface area contributed by atoms with Crippen molar-refractivity contribution in [2.24, 2.45) is 5.92 Å². The lowest BCUT2D eigenvalue weighted by Crippen LogP contribution is -2.39. The van der Waals surface area contributed by atoms with Crippen molar-refractivity contribution in [2.45, 2.75) is 40.0 Å². The van der Waals surface area contributed by atoms with Crippen LogP contribution in [0.2, 0.25) is 0 Å². The van der Waals surface area contributed by atoms with Gasteiger partial charge in [-0.15, -0.1) is 0 Å². The summed E-state index contributed by atoms with van der Waals surface area (Å²) in [6, 6.07) is 4.17. The van der Waals surface area contributed by atoms with Crippen LogP contribution >= 0.6 is 0 Å². The molecular formula is C18H23NO2. The molecule has 2 heterocycles. The summed E-state index contributed by atoms with van der Waals surface area (Å²) in [6.45, 7) is 8.17. The van der Waals surface area contributed by atoms with Crippen LogP contribution in [0.1, 0.15) is 36.5 Å². The molecule has 1 aromatic carbocycles. The normalized spacial score (nSPS) is 19.2. The molecule has 21 heavy (non-hydrogen) atoms. The molecule has 1 fully saturated rings. The molecule has 1 atom stereocenters. The average molecular weight is 285 g/mol. The molecule has 3 nitrogen and oxygen atoms in total. The predicted molar refractivity (Wildman–Crippen MR) is 84.4 cm³/mol. The molecular weight excluding hydrogens is 262 g/mol. The fourth-order valence-corrected chi connectivity index (χ4v) is 3.22. The maximum atomic E-state index is 12.5. The van der Waals surface area contributed by atoms with E-state index < -0.39 is 0 Å². The number of piperidine rings is 1. The van der Waals surface area contributed by atoms with Crippen molar-refractivity contribution in [1.29, 1.82) is 0 Å². The van der Waals surface area contributed by atoms with Gasteiger partial charge in [-0.2, -0.15) is 0 Å². The van der Waals surface area contributed by atoms with Crippen molar-refractivity contribution in [3.8, 4) is 0 Å². The van der Waals surface area contributed by atoms with Crippen LogP contribution in [0.15, 0.2) is 22.8 Å². The molecule has 0 spiro atoms. The average Bonchev–Trinajstić information content (AvgIpc) is 2.86. The Labute approximate surface area is 125 Å². The summed E-state index contributed by atoms with van der Waals surface area (Å²) in [6.07, 6.45) is 4.55. The molecule has 3 heteroatoms. The summed E-state index contributed by atoms with van der Waals surface area (Å²) in [5.41, 5.74) is 4.32. The number of rotatable bonds is 2. The van der Waals surface area contributed by atoms with Crippen LogP contribution in [-0.4, -0.2) is 23.9 Å². The largest absolute Gasteiger partial charge is 0.464 e. The first-order valence-electron chi connectivity index (χ1n) is 7.80. The number of hydrogen-bond donors (Lipinski definition) is 0. The van der Waals surface area contributed by atoms with Gasteiger partial charge in [-0.25, -0.2) is 0 Å². The van der Waals surface area contributed by atoms with Gasteiger partial charge in [0.15, 0.2) is 0 Å². The van der Waals surface area contributed by atoms with Gasteiger partial charge in [0.25, 0.3) is 0 Å². The van der Waals surface area contributed by atoms with Crippen molar-refractivity contribution in [2.75, 3.05) is 13.1 Å². The number of hydrogen-bond acceptors (Lipinski definition) is 2. The first kappa shape index (κ1) is 14.2. The number of carbonyl (C=O) groups excluding carboxylic acids is 1. The van der Waals surface area contributed by atoms with Crippen LogP contribution < -0.4 is 0 Å². The van der Waals surface area contributed by atoms with Gasteiger partial charge in [-0.05, 0) is 43.7 Å². The molecule has 0 saturated carbocycles. The molecule has 1 aliphatic heterocycles. The smallest absolute Gasteiger partial charge is 0.227 e. The molecule has 3 rings (SSSR count). The van der Waals surface area contributed by atoms with Crippen LogP contribution in [0.4, 0.5) is 0 Å². The second-order valence-electron chi connectivity index (χ2n) is 6.41. The molecule has 1 aliphatic rings. The Bertz CT molecular complexity index is 671. The highest BCUT2D eigenvalue weighted by atomic mass is 16.3. The van der Waals surface area contributed by atoms with Crippen molar-refractivity contribution in [3.05, 3.63) is 35.1 Å². The topological polar surface area (TPSA) is 33.5 Å². The molecule has 1 aromatic heterocycles. The number of furan rings is 1. The molecule has 2 aromatic rings. The first-order valence-corrected chi connectivity index (χ1v) is 7.80. The summed E-state index contributed by atoms with van der Waals surface area (Å²) in [5.74, 6) is 0.844. The Morgan fingerprint density at radius 2 is 2.19 bits per heavy atom. The highest BCUT2D eigenvalue weighted by molar-refractivity contribution is 5.89. The summed E-state index contributed by atoms with van der Waals surface area (Å²) >= 11 is 0. The molecule has 112 valence electrons. The van der Waals surface area contributed by atoms with E-state index in [1.54, 1.807) is 6.26 Å². The van der Waals surface area contributed by atoms with Gasteiger partial charge < -0.3 is 9.32 Å². The van der Waals surface area contributed by atoms with E-state index in [4.69, 9.17) is 4.42 Å². The van der Waals surface area contributed by atoms with Crippen molar-refractivity contribution in [3.63, 3.8) is 0 Å². The predicted octanol–water partition coefficient (Wildman–Crippen LogP) is 3.85. The van der Waals surface area contributed by atoms with E-state index in [9.17, 15) is 4.79 Å². The third-order valence-corrected chi connectivity index (χ3v) is 4.69. The maximum absolute atomic E-state index is 12.5. The second-order valence-corrected chi connectivity index (χ2v) is 6.41. The SMILES string of the molecule is Cc1ccc2c(CC(=O)N3CCCC(C)C3)coc2c1C. The number of amides is 1. The number of aryl methyl sites for hydroxylation is 2. The van der Waals surface area contributed by atoms with E-state index in [-0.39, 0.29) is 5.91 Å². The van der Waals surface area contributed by atoms with E-state index in [0.717, 1.165) is 41.6 Å². The van der Waals surface area contributed by atoms with Gasteiger partial charge in [0, 0.05) is 24.0 Å². The van der Waals surface area contributed by atoms with Crippen LogP contribution in [0.5, 0.6) is 0 Å². The number of carbonyl (C=O) groups is 1. The number of nitrogens with zero attached hydrogens (tertiary/aromatic N) is 1. The maximum Gasteiger partial charge on any atom is 0.227 e. The highest BCUT2D eigenvalue weighted by Gasteiger charge is 2.22. The Morgan fingerprint density at radius 3 is 2.95 bits per heavy atom. The molecule has 0 aliphatic carbocycles. The van der Waals surface area contributed by atoms with Crippen LogP contribution in [0.3, 0.4) is 0 Å². The van der Waals surface area contributed by atoms with Crippen LogP contribution in [0, 0.1) is 19.8 Å². The van der Waals surface area contributed by atoms with Gasteiger partial charge in [-0.3, -0.25) is 4.79 Å². The number of fused-ring (bicyclic) bond motifs is 1. The summed E-state index contributed by atoms with van der Waals surface area (Å²) in [4.78, 5) is 14.5. The van der Waals surface area contributed by atoms with E-state index in [2.05, 4.69) is 32.9 Å². The summed E-state index contributed by atoms with van der Waals surface area (Å²) < 4.78 is 5.70. The lowest BCUT2D eigenvalue weighted by molar-refractivity contribution is -0.132. The van der Waals surface area contributed by atoms with Gasteiger partial charge in [0.2, 0.25) is 5.91 Å². The lowest BCUT2D eigenvalue weighted by Gasteiger charge is -2.30. The number of benzene rings is 1. The highest BCUT2D eigenvalue weighted by Crippen LogP contribution is 2.27. The van der Waals surface area contributed by atoms with Gasteiger partial charge in [0.1, 0.15) is 5.58 Å². The van der Waals surface area contributed by atoms with Crippen molar-refractivity contribution < 1.29 is 9.21 Å². The van der Waals surface area contributed by atoms with Crippen LogP contribution in [-0.2, 0) is 11.2 Å². The Morgan fingerprint density at radius 1 is 1.38 bits per heavy atom. The standard InChI is InChI=1S/C18H23NO2/c1-12-5-4-8-19(10-12)17(20)9-15-11-21-18-14(3)13(2)6-7-16(15)18/h6-7,11-12H,4-5,8-10H2,1-3H3. The van der Waals surface area contributed by atoms with Crippen LogP contribution in [0.25, 0.3) is 11.0 Å². The monoisotopic (exact) mass is 285 g/mol. The minimum atomic E-state index is 0.225. The van der Waals surface area contributed by atoms with E-state index in [0.29, 0.717) is 12.3 Å². The second kappa shape index (κ2) is 5.55. The molecule has 0 bridgehead atoms. The third kappa shape index (κ3) is 2.69. The zero-order chi connectivity index (χ0) is 15.0. The molecule has 0 radical (unpaired) electrons. The van der Waals surface area contributed by atoms with E-state index in [1.165, 1.54) is 12.0 Å². The number of likely N-dealkylation sites (tertiary alicyclic amines) is 1. The van der Waals surface area contributed by atoms with Crippen molar-refractivity contribution in [1.82, 2.24) is 4.90 Å². The zero-order valence-corrected chi connectivity index (χ0v) is 13.1. The van der Waals surface area contributed by atoms with E-state index in [1.807, 2.05) is 4.90 Å². The Balaban J connectivity index is 1.82. The Hall–Kier alpha value is -1.77. The van der Waals surface area contributed by atoms with Gasteiger partial charge in [0.05, 0.1) is 12.7 Å². The summed E-state index contributed by atoms with van der Waals surface area (Å²) in [5, 5.41) is 1.08. The molecule has 1 saturated heterocycles. The minimum absolute atomic E-state index is 0.225. The fraction of sp³-hybridized carbons (Fsp3) is 0.500. The molecule has 1 amide bonds. The lowest BCUT2D eigenvalue weighted by atomic mass is 9.99. The van der Waals surface area contributed by atoms with Gasteiger partial charge in [-0.1, -0.05) is 19.1 Å². The first-order chi connectivity index (χ1) is 10.1. The third-order valence-electron chi connectivity index (χ3n) is 4.69. The van der Waals surface area contributed by atoms with E-state index >= 15 is 0 Å². The molecule has 0 N–H and O–H groups in total. The minimum Gasteiger partial charge on any atom is -0.464 e.